The van der Waals surface area contributed by atoms with E-state index in [1.54, 1.807) is 30.3 Å². The summed E-state index contributed by atoms with van der Waals surface area (Å²) in [4.78, 5) is 41.3. The van der Waals surface area contributed by atoms with Gasteiger partial charge in [-0.15, -0.1) is 0 Å². The van der Waals surface area contributed by atoms with Crippen molar-refractivity contribution < 1.29 is 23.2 Å². The molecule has 0 N–H and O–H groups in total. The van der Waals surface area contributed by atoms with Crippen molar-refractivity contribution in [1.29, 1.82) is 0 Å². The van der Waals surface area contributed by atoms with Crippen LogP contribution in [0.5, 0.6) is 0 Å². The third-order valence-corrected chi connectivity index (χ3v) is 27.4. The lowest BCUT2D eigenvalue weighted by atomic mass is 9.43. The fourth-order valence-electron chi connectivity index (χ4n) is 12.6. The zero-order valence-corrected chi connectivity index (χ0v) is 40.1. The van der Waals surface area contributed by atoms with Crippen LogP contribution < -0.4 is 0 Å². The maximum atomic E-state index is 13.5. The third-order valence-electron chi connectivity index (χ3n) is 18.3. The molecule has 7 rings (SSSR count). The fraction of sp³-hybridized carbons (Fsp3) is 0.776. The predicted octanol–water partition coefficient (Wildman–Crippen LogP) is 12.4. The summed E-state index contributed by atoms with van der Waals surface area (Å²) in [5, 5.41) is 0.385. The number of nitrogens with zero attached hydrogens (tertiary/aromatic N) is 1. The molecule has 6 nitrogen and oxygen atoms in total. The molecule has 1 heterocycles. The van der Waals surface area contributed by atoms with Crippen molar-refractivity contribution in [1.82, 2.24) is 4.90 Å². The Kier molecular flexibility index (Phi) is 11.1. The Hall–Kier alpha value is -1.88. The van der Waals surface area contributed by atoms with E-state index in [4.69, 9.17) is 8.85 Å². The molecule has 2 amide bonds. The largest absolute Gasteiger partial charge is 0.414 e. The van der Waals surface area contributed by atoms with E-state index in [2.05, 4.69) is 88.5 Å². The molecule has 0 aromatic heterocycles. The van der Waals surface area contributed by atoms with Crippen LogP contribution in [0.4, 0.5) is 0 Å². The number of fused-ring (bicyclic) bond motifs is 6. The van der Waals surface area contributed by atoms with E-state index in [0.717, 1.165) is 6.42 Å². The van der Waals surface area contributed by atoms with Gasteiger partial charge >= 0.3 is 0 Å². The highest BCUT2D eigenvalue weighted by Gasteiger charge is 2.64. The summed E-state index contributed by atoms with van der Waals surface area (Å²) in [6.07, 6.45) is 17.0. The molecule has 1 aliphatic heterocycles. The first-order valence-electron chi connectivity index (χ1n) is 22.9. The van der Waals surface area contributed by atoms with Crippen LogP contribution in [0.15, 0.2) is 36.4 Å². The van der Waals surface area contributed by atoms with Gasteiger partial charge in [-0.25, -0.2) is 0 Å². The van der Waals surface area contributed by atoms with Crippen molar-refractivity contribution >= 4 is 34.2 Å². The third kappa shape index (κ3) is 7.49. The van der Waals surface area contributed by atoms with Crippen LogP contribution in [-0.4, -0.2) is 56.9 Å². The molecule has 0 bridgehead atoms. The first-order valence-corrected chi connectivity index (χ1v) is 28.7. The van der Waals surface area contributed by atoms with Gasteiger partial charge in [0.15, 0.2) is 22.4 Å². The quantitative estimate of drug-likeness (QED) is 0.126. The van der Waals surface area contributed by atoms with Crippen LogP contribution in [0.1, 0.15) is 160 Å². The lowest BCUT2D eigenvalue weighted by Crippen LogP contribution is -2.61. The number of ketones is 1. The van der Waals surface area contributed by atoms with Gasteiger partial charge in [0.2, 0.25) is 0 Å². The van der Waals surface area contributed by atoms with E-state index in [1.807, 2.05) is 6.08 Å². The van der Waals surface area contributed by atoms with E-state index < -0.39 is 22.2 Å². The summed E-state index contributed by atoms with van der Waals surface area (Å²) < 4.78 is 14.8. The Labute approximate surface area is 348 Å². The summed E-state index contributed by atoms with van der Waals surface area (Å²) in [7, 11) is -3.88. The van der Waals surface area contributed by atoms with Gasteiger partial charge in [0.1, 0.15) is 0 Å². The Bertz CT molecular complexity index is 1730. The molecule has 0 unspecified atom stereocenters. The number of hydrogen-bond acceptors (Lipinski definition) is 5. The van der Waals surface area contributed by atoms with Gasteiger partial charge in [0, 0.05) is 18.6 Å². The van der Waals surface area contributed by atoms with Gasteiger partial charge < -0.3 is 8.85 Å². The Morgan fingerprint density at radius 2 is 1.37 bits per heavy atom. The highest BCUT2D eigenvalue weighted by atomic mass is 28.4. The second kappa shape index (κ2) is 14.6. The highest BCUT2D eigenvalue weighted by Crippen LogP contribution is 2.69. The summed E-state index contributed by atoms with van der Waals surface area (Å²) in [6.45, 7) is 31.8. The van der Waals surface area contributed by atoms with Crippen molar-refractivity contribution in [3.05, 3.63) is 47.5 Å². The number of benzene rings is 1. The van der Waals surface area contributed by atoms with E-state index >= 15 is 0 Å². The lowest BCUT2D eigenvalue weighted by molar-refractivity contribution is -0.169. The van der Waals surface area contributed by atoms with Gasteiger partial charge in [-0.2, -0.15) is 0 Å². The fourth-order valence-corrected chi connectivity index (χ4v) is 15.4. The molecule has 0 spiro atoms. The second-order valence-corrected chi connectivity index (χ2v) is 33.1. The average Bonchev–Trinajstić information content (AvgIpc) is 3.73. The number of allylic oxidation sites excluding steroid dienone is 1. The zero-order chi connectivity index (χ0) is 41.7. The van der Waals surface area contributed by atoms with E-state index in [9.17, 15) is 14.4 Å². The van der Waals surface area contributed by atoms with E-state index in [0.29, 0.717) is 83.5 Å². The summed E-state index contributed by atoms with van der Waals surface area (Å²) in [6, 6.07) is 7.06. The van der Waals surface area contributed by atoms with Crippen molar-refractivity contribution in [2.24, 2.45) is 46.3 Å². The Morgan fingerprint density at radius 3 is 1.95 bits per heavy atom. The van der Waals surface area contributed by atoms with Gasteiger partial charge in [-0.3, -0.25) is 19.3 Å². The first-order chi connectivity index (χ1) is 26.4. The van der Waals surface area contributed by atoms with Crippen LogP contribution in [0.25, 0.3) is 0 Å². The second-order valence-electron chi connectivity index (χ2n) is 23.6. The van der Waals surface area contributed by atoms with Crippen LogP contribution in [-0.2, 0) is 13.6 Å². The molecule has 57 heavy (non-hydrogen) atoms. The maximum absolute atomic E-state index is 13.5. The molecule has 10 atom stereocenters. The molecule has 0 saturated heterocycles. The number of hydrogen-bond donors (Lipinski definition) is 0. The average molecular weight is 816 g/mol. The number of rotatable bonds is 11. The molecule has 5 saturated carbocycles. The molecule has 6 aliphatic rings. The molecule has 316 valence electrons. The van der Waals surface area contributed by atoms with Crippen LogP contribution in [0.3, 0.4) is 0 Å². The minimum absolute atomic E-state index is 0.107. The van der Waals surface area contributed by atoms with Gasteiger partial charge in [0.05, 0.1) is 16.7 Å². The van der Waals surface area contributed by atoms with Crippen molar-refractivity contribution in [2.45, 2.75) is 193 Å². The highest BCUT2D eigenvalue weighted by molar-refractivity contribution is 6.74. The normalized spacial score (nSPS) is 35.8. The zero-order valence-electron chi connectivity index (χ0n) is 38.1. The maximum Gasteiger partial charge on any atom is 0.262 e. The molecule has 5 aliphatic carbocycles. The first kappa shape index (κ1) is 43.2. The predicted molar refractivity (Wildman–Crippen MR) is 236 cm³/mol. The molecule has 1 aromatic rings. The smallest absolute Gasteiger partial charge is 0.262 e. The topological polar surface area (TPSA) is 72.9 Å². The monoisotopic (exact) mass is 816 g/mol. The SMILES string of the molecule is C[C@H](CCC(=O)/C=C/C1(N2C(=O)c3ccccc3C2=O)CC1)[C@H]1CC[C@H]2[C@@H]3[C@H](O[Si](C)(C)C(C)(C)C)C[C@@H]4C[C@H](O[Si](C)(C)C(C)(C)C)CC[C@]4(C)[C@H]3CC[C@]12C. The number of carbonyl (C=O) groups excluding carboxylic acids is 3. The van der Waals surface area contributed by atoms with Crippen LogP contribution in [0.2, 0.25) is 36.3 Å². The molecule has 5 fully saturated rings. The van der Waals surface area contributed by atoms with E-state index in [1.165, 1.54) is 56.3 Å². The number of amides is 2. The summed E-state index contributed by atoms with van der Waals surface area (Å²) in [5.74, 6) is 3.27. The van der Waals surface area contributed by atoms with Crippen molar-refractivity contribution in [3.8, 4) is 0 Å². The van der Waals surface area contributed by atoms with Crippen molar-refractivity contribution in [3.63, 3.8) is 0 Å². The molecule has 0 radical (unpaired) electrons. The molecular weight excluding hydrogens is 739 g/mol. The van der Waals surface area contributed by atoms with Gasteiger partial charge in [-0.1, -0.05) is 80.5 Å². The molecular formula is C49H77NO5Si2. The van der Waals surface area contributed by atoms with Crippen LogP contribution in [0, 0.1) is 46.3 Å². The standard InChI is InChI=1S/C49H77NO5Si2/c1-32(18-19-34(51)22-27-49(28-29-49)50-43(52)36-16-14-15-17-37(36)44(50)53)38-20-21-39-42-40(24-26-48(38,39)9)47(8)25-23-35(54-56(10,11)45(2,3)4)30-33(47)31-41(42)55-57(12,13)46(5,6)7/h14-17,22,27,32-33,35,38-42H,18-21,23-26,28-31H2,1-13H3/b27-22+/t32-,33+,35-,38-,39+,40+,41-,42+,47+,48-/m1/s1. The lowest BCUT2D eigenvalue weighted by Gasteiger charge is -2.64. The number of imide groups is 1. The van der Waals surface area contributed by atoms with Crippen molar-refractivity contribution in [2.75, 3.05) is 0 Å². The van der Waals surface area contributed by atoms with Crippen LogP contribution >= 0.6 is 0 Å². The molecule has 8 heteroatoms. The summed E-state index contributed by atoms with van der Waals surface area (Å²) in [5.41, 5.74) is 0.873. The van der Waals surface area contributed by atoms with E-state index in [-0.39, 0.29) is 33.1 Å². The minimum atomic E-state index is -2.02. The Morgan fingerprint density at radius 1 is 0.807 bits per heavy atom. The van der Waals surface area contributed by atoms with Gasteiger partial charge in [-0.05, 0) is 171 Å². The Balaban J connectivity index is 1.05. The summed E-state index contributed by atoms with van der Waals surface area (Å²) >= 11 is 0. The molecule has 1 aromatic carbocycles. The number of carbonyl (C=O) groups is 3. The minimum Gasteiger partial charge on any atom is -0.414 e. The van der Waals surface area contributed by atoms with Gasteiger partial charge in [0.25, 0.3) is 11.8 Å².